The van der Waals surface area contributed by atoms with Crippen LogP contribution >= 0.6 is 0 Å². The summed E-state index contributed by atoms with van der Waals surface area (Å²) in [7, 11) is 2.05. The number of nitrogens with one attached hydrogen (secondary N) is 1. The fraction of sp³-hybridized carbons (Fsp3) is 0.292. The molecule has 0 radical (unpaired) electrons. The van der Waals surface area contributed by atoms with Gasteiger partial charge in [0.25, 0.3) is 0 Å². The molecule has 158 valence electrons. The number of benzene rings is 2. The van der Waals surface area contributed by atoms with E-state index in [-0.39, 0.29) is 6.04 Å². The number of carboxylic acid groups (broad SMARTS) is 1. The molecule has 1 amide bonds. The third-order valence-corrected chi connectivity index (χ3v) is 6.14. The zero-order valence-electron chi connectivity index (χ0n) is 17.5. The van der Waals surface area contributed by atoms with E-state index in [2.05, 4.69) is 63.4 Å². The molecule has 1 aliphatic heterocycles. The Morgan fingerprint density at radius 3 is 2.84 bits per heavy atom. The molecule has 0 spiro atoms. The average Bonchev–Trinajstić information content (AvgIpc) is 2.98. The van der Waals surface area contributed by atoms with Crippen molar-refractivity contribution < 1.29 is 9.90 Å². The number of hydrogen-bond acceptors (Lipinski definition) is 4. The van der Waals surface area contributed by atoms with Crippen LogP contribution in [0.1, 0.15) is 19.3 Å². The SMILES string of the molecule is Cn1ccc2ccc(-c3cc(NC4CCCN(C(=O)O)CC4)cc4nccnc34)cc21. The van der Waals surface area contributed by atoms with Crippen LogP contribution in [0.2, 0.25) is 0 Å². The van der Waals surface area contributed by atoms with Crippen LogP contribution in [0.3, 0.4) is 0 Å². The Hall–Kier alpha value is -3.61. The van der Waals surface area contributed by atoms with E-state index in [0.29, 0.717) is 13.1 Å². The van der Waals surface area contributed by atoms with Gasteiger partial charge in [0.2, 0.25) is 0 Å². The molecule has 1 fully saturated rings. The summed E-state index contributed by atoms with van der Waals surface area (Å²) in [6, 6.07) is 13.0. The van der Waals surface area contributed by atoms with Gasteiger partial charge in [-0.2, -0.15) is 0 Å². The normalized spacial score (nSPS) is 17.1. The van der Waals surface area contributed by atoms with Crippen LogP contribution in [0, 0.1) is 0 Å². The summed E-state index contributed by atoms with van der Waals surface area (Å²) < 4.78 is 2.12. The van der Waals surface area contributed by atoms with E-state index >= 15 is 0 Å². The monoisotopic (exact) mass is 415 g/mol. The van der Waals surface area contributed by atoms with E-state index in [0.717, 1.165) is 47.1 Å². The zero-order chi connectivity index (χ0) is 21.4. The number of amides is 1. The molecular weight excluding hydrogens is 390 g/mol. The van der Waals surface area contributed by atoms with Gasteiger partial charge in [0.1, 0.15) is 0 Å². The lowest BCUT2D eigenvalue weighted by atomic mass is 10.0. The number of likely N-dealkylation sites (tertiary alicyclic amines) is 1. The summed E-state index contributed by atoms with van der Waals surface area (Å²) in [4.78, 5) is 22.0. The number of nitrogens with zero attached hydrogens (tertiary/aromatic N) is 4. The predicted molar refractivity (Wildman–Crippen MR) is 122 cm³/mol. The number of aryl methyl sites for hydroxylation is 1. The number of fused-ring (bicyclic) bond motifs is 2. The number of aromatic nitrogens is 3. The first-order valence-electron chi connectivity index (χ1n) is 10.6. The minimum absolute atomic E-state index is 0.224. The Kier molecular flexibility index (Phi) is 4.94. The maximum absolute atomic E-state index is 11.3. The van der Waals surface area contributed by atoms with Gasteiger partial charge in [-0.05, 0) is 54.5 Å². The zero-order valence-corrected chi connectivity index (χ0v) is 17.5. The van der Waals surface area contributed by atoms with Gasteiger partial charge < -0.3 is 19.9 Å². The van der Waals surface area contributed by atoms with Crippen molar-refractivity contribution in [2.45, 2.75) is 25.3 Å². The third-order valence-electron chi connectivity index (χ3n) is 6.14. The highest BCUT2D eigenvalue weighted by molar-refractivity contribution is 5.97. The second-order valence-electron chi connectivity index (χ2n) is 8.19. The molecule has 1 unspecified atom stereocenters. The average molecular weight is 415 g/mol. The molecule has 7 heteroatoms. The van der Waals surface area contributed by atoms with E-state index in [9.17, 15) is 9.90 Å². The predicted octanol–water partition coefficient (Wildman–Crippen LogP) is 4.73. The summed E-state index contributed by atoms with van der Waals surface area (Å²) in [6.07, 6.45) is 7.26. The number of carbonyl (C=O) groups is 1. The van der Waals surface area contributed by atoms with Gasteiger partial charge in [-0.1, -0.05) is 12.1 Å². The maximum atomic E-state index is 11.3. The Morgan fingerprint density at radius 1 is 1.10 bits per heavy atom. The molecule has 2 aromatic heterocycles. The van der Waals surface area contributed by atoms with Gasteiger partial charge in [0, 0.05) is 61.5 Å². The smallest absolute Gasteiger partial charge is 0.407 e. The van der Waals surface area contributed by atoms with E-state index in [1.54, 1.807) is 12.4 Å². The molecule has 0 bridgehead atoms. The Bertz CT molecular complexity index is 1270. The molecule has 1 aliphatic rings. The van der Waals surface area contributed by atoms with Gasteiger partial charge in [0.05, 0.1) is 11.0 Å². The molecule has 1 atom stereocenters. The molecule has 0 aliphatic carbocycles. The largest absolute Gasteiger partial charge is 0.465 e. The molecule has 31 heavy (non-hydrogen) atoms. The molecule has 5 rings (SSSR count). The second kappa shape index (κ2) is 7.91. The highest BCUT2D eigenvalue weighted by Gasteiger charge is 2.20. The van der Waals surface area contributed by atoms with Gasteiger partial charge in [-0.15, -0.1) is 0 Å². The van der Waals surface area contributed by atoms with Crippen molar-refractivity contribution in [2.75, 3.05) is 18.4 Å². The van der Waals surface area contributed by atoms with Crippen molar-refractivity contribution >= 4 is 33.7 Å². The molecule has 2 N–H and O–H groups in total. The number of rotatable bonds is 3. The Morgan fingerprint density at radius 2 is 1.97 bits per heavy atom. The number of hydrogen-bond donors (Lipinski definition) is 2. The maximum Gasteiger partial charge on any atom is 0.407 e. The van der Waals surface area contributed by atoms with Crippen LogP contribution in [0.4, 0.5) is 10.5 Å². The first kappa shape index (κ1) is 19.4. The summed E-state index contributed by atoms with van der Waals surface area (Å²) in [6.45, 7) is 1.15. The lowest BCUT2D eigenvalue weighted by molar-refractivity contribution is 0.147. The standard InChI is InChI=1S/C24H25N5O2/c1-28-11-6-16-4-5-17(13-22(16)28)20-14-19(15-21-23(20)26-9-8-25-21)27-18-3-2-10-29(12-7-18)24(30)31/h4-6,8-9,11,13-15,18,27H,2-3,7,10,12H2,1H3,(H,30,31). The van der Waals surface area contributed by atoms with Gasteiger partial charge >= 0.3 is 6.09 Å². The summed E-state index contributed by atoms with van der Waals surface area (Å²) in [5.74, 6) is 0. The Balaban J connectivity index is 1.51. The number of anilines is 1. The minimum atomic E-state index is -0.833. The van der Waals surface area contributed by atoms with E-state index in [4.69, 9.17) is 0 Å². The third kappa shape index (κ3) is 3.79. The van der Waals surface area contributed by atoms with Crippen LogP contribution in [0.15, 0.2) is 55.0 Å². The van der Waals surface area contributed by atoms with Crippen molar-refractivity contribution in [2.24, 2.45) is 7.05 Å². The van der Waals surface area contributed by atoms with Crippen molar-refractivity contribution in [3.63, 3.8) is 0 Å². The first-order chi connectivity index (χ1) is 15.1. The molecule has 2 aromatic carbocycles. The molecule has 4 aromatic rings. The van der Waals surface area contributed by atoms with Crippen LogP contribution in [0.5, 0.6) is 0 Å². The van der Waals surface area contributed by atoms with Crippen LogP contribution in [-0.2, 0) is 7.05 Å². The van der Waals surface area contributed by atoms with Crippen molar-refractivity contribution in [3.05, 3.63) is 55.0 Å². The topological polar surface area (TPSA) is 83.3 Å². The molecule has 3 heterocycles. The van der Waals surface area contributed by atoms with E-state index in [1.165, 1.54) is 15.8 Å². The van der Waals surface area contributed by atoms with Crippen molar-refractivity contribution in [3.8, 4) is 11.1 Å². The highest BCUT2D eigenvalue weighted by Crippen LogP contribution is 2.33. The molecular formula is C24H25N5O2. The first-order valence-corrected chi connectivity index (χ1v) is 10.6. The molecule has 1 saturated heterocycles. The minimum Gasteiger partial charge on any atom is -0.465 e. The quantitative estimate of drug-likeness (QED) is 0.505. The Labute approximate surface area is 180 Å². The van der Waals surface area contributed by atoms with Crippen molar-refractivity contribution in [1.82, 2.24) is 19.4 Å². The summed E-state index contributed by atoms with van der Waals surface area (Å²) in [5, 5.41) is 14.1. The van der Waals surface area contributed by atoms with Gasteiger partial charge in [-0.3, -0.25) is 9.97 Å². The fourth-order valence-corrected chi connectivity index (χ4v) is 4.48. The molecule has 7 nitrogen and oxygen atoms in total. The summed E-state index contributed by atoms with van der Waals surface area (Å²) >= 11 is 0. The van der Waals surface area contributed by atoms with Crippen LogP contribution in [-0.4, -0.2) is 49.8 Å². The van der Waals surface area contributed by atoms with Gasteiger partial charge in [-0.25, -0.2) is 4.79 Å². The second-order valence-corrected chi connectivity index (χ2v) is 8.19. The highest BCUT2D eigenvalue weighted by atomic mass is 16.4. The van der Waals surface area contributed by atoms with Gasteiger partial charge in [0.15, 0.2) is 0 Å². The fourth-order valence-electron chi connectivity index (χ4n) is 4.48. The van der Waals surface area contributed by atoms with Crippen LogP contribution < -0.4 is 5.32 Å². The van der Waals surface area contributed by atoms with Crippen molar-refractivity contribution in [1.29, 1.82) is 0 Å². The molecule has 0 saturated carbocycles. The van der Waals surface area contributed by atoms with E-state index < -0.39 is 6.09 Å². The lowest BCUT2D eigenvalue weighted by Gasteiger charge is -2.20. The van der Waals surface area contributed by atoms with Crippen LogP contribution in [0.25, 0.3) is 33.1 Å². The van der Waals surface area contributed by atoms with E-state index in [1.807, 2.05) is 6.07 Å². The lowest BCUT2D eigenvalue weighted by Crippen LogP contribution is -2.31. The summed E-state index contributed by atoms with van der Waals surface area (Å²) in [5.41, 5.74) is 6.02.